The van der Waals surface area contributed by atoms with Crippen LogP contribution in [0.2, 0.25) is 0 Å². The minimum atomic E-state index is -0.959. The lowest BCUT2D eigenvalue weighted by Gasteiger charge is -2.37. The molecule has 8 nitrogen and oxygen atoms in total. The Hall–Kier alpha value is -2.87. The number of aromatic nitrogens is 2. The average molecular weight is 399 g/mol. The fraction of sp³-hybridized carbons (Fsp3) is 0.476. The summed E-state index contributed by atoms with van der Waals surface area (Å²) in [5.41, 5.74) is 1.80. The molecule has 0 aliphatic carbocycles. The van der Waals surface area contributed by atoms with Crippen molar-refractivity contribution in [2.45, 2.75) is 31.9 Å². The number of hydrogen-bond acceptors (Lipinski definition) is 5. The summed E-state index contributed by atoms with van der Waals surface area (Å²) in [5, 5.41) is 9.50. The van der Waals surface area contributed by atoms with Gasteiger partial charge in [0.25, 0.3) is 0 Å². The fourth-order valence-electron chi connectivity index (χ4n) is 4.40. The van der Waals surface area contributed by atoms with E-state index in [0.29, 0.717) is 31.9 Å². The molecule has 1 aromatic heterocycles. The Kier molecular flexibility index (Phi) is 5.27. The SMILES string of the molecule is COc1ccc(C(=O)O)c2c1CN(C(=O)[C@@H]1CCCO[C@H]1c1nccn1C)CC2. The molecule has 1 fully saturated rings. The number of imidazole rings is 1. The van der Waals surface area contributed by atoms with Gasteiger partial charge in [0.05, 0.1) is 18.6 Å². The largest absolute Gasteiger partial charge is 0.496 e. The number of amides is 1. The van der Waals surface area contributed by atoms with Gasteiger partial charge in [-0.05, 0) is 37.0 Å². The highest BCUT2D eigenvalue weighted by atomic mass is 16.5. The third kappa shape index (κ3) is 3.48. The molecule has 0 radical (unpaired) electrons. The molecule has 0 spiro atoms. The van der Waals surface area contributed by atoms with E-state index < -0.39 is 5.97 Å². The van der Waals surface area contributed by atoms with Gasteiger partial charge in [0, 0.05) is 44.7 Å². The van der Waals surface area contributed by atoms with Gasteiger partial charge >= 0.3 is 5.97 Å². The number of ether oxygens (including phenoxy) is 2. The van der Waals surface area contributed by atoms with Crippen LogP contribution in [0, 0.1) is 5.92 Å². The van der Waals surface area contributed by atoms with Crippen LogP contribution in [-0.2, 0) is 29.5 Å². The average Bonchev–Trinajstić information content (AvgIpc) is 3.17. The maximum atomic E-state index is 13.5. The van der Waals surface area contributed by atoms with E-state index in [9.17, 15) is 14.7 Å². The molecule has 29 heavy (non-hydrogen) atoms. The van der Waals surface area contributed by atoms with Gasteiger partial charge in [0.1, 0.15) is 17.7 Å². The first-order valence-electron chi connectivity index (χ1n) is 9.81. The topological polar surface area (TPSA) is 93.9 Å². The molecule has 1 amide bonds. The van der Waals surface area contributed by atoms with Crippen LogP contribution in [-0.4, -0.2) is 51.7 Å². The van der Waals surface area contributed by atoms with Crippen molar-refractivity contribution >= 4 is 11.9 Å². The highest BCUT2D eigenvalue weighted by Crippen LogP contribution is 2.37. The van der Waals surface area contributed by atoms with E-state index in [1.165, 1.54) is 0 Å². The Bertz CT molecular complexity index is 938. The molecular formula is C21H25N3O5. The van der Waals surface area contributed by atoms with Gasteiger partial charge in [-0.15, -0.1) is 0 Å². The number of aryl methyl sites for hydroxylation is 1. The van der Waals surface area contributed by atoms with Gasteiger partial charge < -0.3 is 24.0 Å². The standard InChI is InChI=1S/C21H25N3O5/c1-23-10-8-22-19(23)18-15(4-3-11-29-18)20(25)24-9-7-13-14(21(26)27)5-6-17(28-2)16(13)12-24/h5-6,8,10,15,18H,3-4,7,9,11-12H2,1-2H3,(H,26,27)/t15-,18-/m1/s1. The Morgan fingerprint density at radius 2 is 2.14 bits per heavy atom. The van der Waals surface area contributed by atoms with Gasteiger partial charge in [0.15, 0.2) is 0 Å². The van der Waals surface area contributed by atoms with E-state index >= 15 is 0 Å². The normalized spacial score (nSPS) is 21.5. The summed E-state index contributed by atoms with van der Waals surface area (Å²) in [6.45, 7) is 1.42. The Labute approximate surface area is 169 Å². The van der Waals surface area contributed by atoms with Crippen LogP contribution in [0.25, 0.3) is 0 Å². The summed E-state index contributed by atoms with van der Waals surface area (Å²) in [5.74, 6) is 0.125. The number of nitrogens with zero attached hydrogens (tertiary/aromatic N) is 3. The monoisotopic (exact) mass is 399 g/mol. The highest BCUT2D eigenvalue weighted by molar-refractivity contribution is 5.90. The second-order valence-electron chi connectivity index (χ2n) is 7.52. The van der Waals surface area contributed by atoms with Crippen molar-refractivity contribution in [2.24, 2.45) is 13.0 Å². The van der Waals surface area contributed by atoms with Crippen LogP contribution in [0.15, 0.2) is 24.5 Å². The number of hydrogen-bond donors (Lipinski definition) is 1. The fourth-order valence-corrected chi connectivity index (χ4v) is 4.40. The number of benzene rings is 1. The first kappa shape index (κ1) is 19.4. The summed E-state index contributed by atoms with van der Waals surface area (Å²) in [4.78, 5) is 31.2. The van der Waals surface area contributed by atoms with E-state index in [1.807, 2.05) is 17.8 Å². The number of fused-ring (bicyclic) bond motifs is 1. The van der Waals surface area contributed by atoms with Crippen molar-refractivity contribution in [1.29, 1.82) is 0 Å². The molecule has 0 bridgehead atoms. The van der Waals surface area contributed by atoms with Crippen LogP contribution in [0.5, 0.6) is 5.75 Å². The lowest BCUT2D eigenvalue weighted by atomic mass is 9.89. The van der Waals surface area contributed by atoms with Crippen LogP contribution >= 0.6 is 0 Å². The van der Waals surface area contributed by atoms with Crippen molar-refractivity contribution in [3.8, 4) is 5.75 Å². The van der Waals surface area contributed by atoms with Crippen molar-refractivity contribution in [3.63, 3.8) is 0 Å². The minimum absolute atomic E-state index is 0.0196. The lowest BCUT2D eigenvalue weighted by molar-refractivity contribution is -0.147. The highest BCUT2D eigenvalue weighted by Gasteiger charge is 2.39. The number of rotatable bonds is 4. The molecule has 0 saturated carbocycles. The molecule has 0 unspecified atom stereocenters. The van der Waals surface area contributed by atoms with Crippen LogP contribution < -0.4 is 4.74 Å². The van der Waals surface area contributed by atoms with E-state index in [2.05, 4.69) is 4.98 Å². The molecule has 8 heteroatoms. The van der Waals surface area contributed by atoms with Crippen LogP contribution in [0.1, 0.15) is 46.3 Å². The Balaban J connectivity index is 1.62. The molecular weight excluding hydrogens is 374 g/mol. The summed E-state index contributed by atoms with van der Waals surface area (Å²) in [6.07, 6.45) is 5.25. The first-order chi connectivity index (χ1) is 14.0. The van der Waals surface area contributed by atoms with E-state index in [1.54, 1.807) is 30.3 Å². The molecule has 2 aliphatic heterocycles. The van der Waals surface area contributed by atoms with E-state index in [-0.39, 0.29) is 23.5 Å². The van der Waals surface area contributed by atoms with Crippen LogP contribution in [0.4, 0.5) is 0 Å². The molecule has 2 atom stereocenters. The predicted molar refractivity (Wildman–Crippen MR) is 104 cm³/mol. The second-order valence-corrected chi connectivity index (χ2v) is 7.52. The van der Waals surface area contributed by atoms with E-state index in [4.69, 9.17) is 9.47 Å². The van der Waals surface area contributed by atoms with Gasteiger partial charge in [-0.2, -0.15) is 0 Å². The van der Waals surface area contributed by atoms with Gasteiger partial charge in [-0.1, -0.05) is 0 Å². The molecule has 4 rings (SSSR count). The molecule has 2 aliphatic rings. The summed E-state index contributed by atoms with van der Waals surface area (Å²) >= 11 is 0. The van der Waals surface area contributed by atoms with Gasteiger partial charge in [-0.25, -0.2) is 9.78 Å². The van der Waals surface area contributed by atoms with Gasteiger partial charge in [-0.3, -0.25) is 4.79 Å². The molecule has 1 N–H and O–H groups in total. The number of methoxy groups -OCH3 is 1. The quantitative estimate of drug-likeness (QED) is 0.847. The maximum absolute atomic E-state index is 13.5. The summed E-state index contributed by atoms with van der Waals surface area (Å²) in [7, 11) is 3.46. The number of carbonyl (C=O) groups is 2. The first-order valence-corrected chi connectivity index (χ1v) is 9.81. The van der Waals surface area contributed by atoms with Crippen molar-refractivity contribution in [1.82, 2.24) is 14.5 Å². The molecule has 154 valence electrons. The number of carbonyl (C=O) groups excluding carboxylic acids is 1. The zero-order valence-electron chi connectivity index (χ0n) is 16.6. The third-order valence-corrected chi connectivity index (χ3v) is 5.88. The lowest BCUT2D eigenvalue weighted by Crippen LogP contribution is -2.44. The van der Waals surface area contributed by atoms with Gasteiger partial charge in [0.2, 0.25) is 5.91 Å². The van der Waals surface area contributed by atoms with Crippen molar-refractivity contribution < 1.29 is 24.2 Å². The second kappa shape index (κ2) is 7.87. The van der Waals surface area contributed by atoms with Crippen LogP contribution in [0.3, 0.4) is 0 Å². The number of carboxylic acids is 1. The summed E-state index contributed by atoms with van der Waals surface area (Å²) in [6, 6.07) is 3.24. The Morgan fingerprint density at radius 3 is 2.83 bits per heavy atom. The predicted octanol–water partition coefficient (Wildman–Crippen LogP) is 2.18. The molecule has 1 aromatic carbocycles. The number of carboxylic acid groups (broad SMARTS) is 1. The Morgan fingerprint density at radius 1 is 1.31 bits per heavy atom. The molecule has 3 heterocycles. The zero-order valence-corrected chi connectivity index (χ0v) is 16.6. The smallest absolute Gasteiger partial charge is 0.335 e. The number of aromatic carboxylic acids is 1. The third-order valence-electron chi connectivity index (χ3n) is 5.88. The van der Waals surface area contributed by atoms with Crippen molar-refractivity contribution in [2.75, 3.05) is 20.3 Å². The molecule has 2 aromatic rings. The van der Waals surface area contributed by atoms with E-state index in [0.717, 1.165) is 29.8 Å². The minimum Gasteiger partial charge on any atom is -0.496 e. The molecule has 1 saturated heterocycles. The maximum Gasteiger partial charge on any atom is 0.335 e. The zero-order chi connectivity index (χ0) is 20.5. The summed E-state index contributed by atoms with van der Waals surface area (Å²) < 4.78 is 13.3. The van der Waals surface area contributed by atoms with Crippen molar-refractivity contribution in [3.05, 3.63) is 47.0 Å².